The molecule has 3 nitrogen and oxygen atoms in total. The Kier molecular flexibility index (Phi) is 4.68. The molecule has 0 saturated carbocycles. The summed E-state index contributed by atoms with van der Waals surface area (Å²) in [5.41, 5.74) is 3.70. The highest BCUT2D eigenvalue weighted by atomic mass is 32.1. The summed E-state index contributed by atoms with van der Waals surface area (Å²) in [5, 5.41) is 1.29. The number of hydrogen-bond acceptors (Lipinski definition) is 4. The van der Waals surface area contributed by atoms with Crippen molar-refractivity contribution in [2.75, 3.05) is 26.2 Å². The third-order valence-electron chi connectivity index (χ3n) is 5.36. The maximum absolute atomic E-state index is 4.96. The van der Waals surface area contributed by atoms with E-state index in [2.05, 4.69) is 36.9 Å². The van der Waals surface area contributed by atoms with Gasteiger partial charge in [-0.2, -0.15) is 0 Å². The molecule has 4 heteroatoms. The van der Waals surface area contributed by atoms with Crippen molar-refractivity contribution in [3.05, 3.63) is 28.8 Å². The quantitative estimate of drug-likeness (QED) is 0.805. The number of benzene rings is 1. The fourth-order valence-electron chi connectivity index (χ4n) is 3.82. The fraction of sp³-hybridized carbons (Fsp3) is 0.600. The predicted octanol–water partition coefficient (Wildman–Crippen LogP) is 4.71. The van der Waals surface area contributed by atoms with Gasteiger partial charge in [0, 0.05) is 24.7 Å². The van der Waals surface area contributed by atoms with Gasteiger partial charge in [-0.3, -0.25) is 4.99 Å². The second-order valence-electron chi connectivity index (χ2n) is 7.57. The largest absolute Gasteiger partial charge is 0.303 e. The summed E-state index contributed by atoms with van der Waals surface area (Å²) in [7, 11) is 0. The van der Waals surface area contributed by atoms with Crippen LogP contribution in [0.25, 0.3) is 10.2 Å². The van der Waals surface area contributed by atoms with Crippen LogP contribution in [0, 0.1) is 5.92 Å². The molecule has 0 N–H and O–H groups in total. The van der Waals surface area contributed by atoms with Crippen molar-refractivity contribution in [2.24, 2.45) is 10.9 Å². The van der Waals surface area contributed by atoms with E-state index in [0.717, 1.165) is 30.9 Å². The minimum absolute atomic E-state index is 0.525. The van der Waals surface area contributed by atoms with Crippen LogP contribution in [0.4, 0.5) is 0 Å². The van der Waals surface area contributed by atoms with Gasteiger partial charge in [0.25, 0.3) is 0 Å². The van der Waals surface area contributed by atoms with Crippen LogP contribution >= 0.6 is 11.3 Å². The number of nitrogens with zero attached hydrogens (tertiary/aromatic N) is 3. The highest BCUT2D eigenvalue weighted by Crippen LogP contribution is 2.30. The normalized spacial score (nSPS) is 23.6. The van der Waals surface area contributed by atoms with Gasteiger partial charge >= 0.3 is 0 Å². The summed E-state index contributed by atoms with van der Waals surface area (Å²) < 4.78 is 1.31. The van der Waals surface area contributed by atoms with E-state index >= 15 is 0 Å². The SMILES string of the molecule is CC1CCC(c2ccc3sc(C(C)CN4CCCC4)nc3c2)=NC1. The Morgan fingerprint density at radius 2 is 2.12 bits per heavy atom. The number of aliphatic imine (C=N–C) groups is 1. The predicted molar refractivity (Wildman–Crippen MR) is 104 cm³/mol. The molecule has 0 spiro atoms. The smallest absolute Gasteiger partial charge is 0.0979 e. The average Bonchev–Trinajstić information content (AvgIpc) is 3.24. The summed E-state index contributed by atoms with van der Waals surface area (Å²) in [6.07, 6.45) is 5.08. The average molecular weight is 342 g/mol. The first-order valence-corrected chi connectivity index (χ1v) is 10.2. The third-order valence-corrected chi connectivity index (χ3v) is 6.63. The summed E-state index contributed by atoms with van der Waals surface area (Å²) >= 11 is 1.87. The Morgan fingerprint density at radius 3 is 2.88 bits per heavy atom. The van der Waals surface area contributed by atoms with Crippen molar-refractivity contribution < 1.29 is 0 Å². The topological polar surface area (TPSA) is 28.5 Å². The van der Waals surface area contributed by atoms with E-state index in [1.807, 2.05) is 11.3 Å². The van der Waals surface area contributed by atoms with Gasteiger partial charge in [0.15, 0.2) is 0 Å². The van der Waals surface area contributed by atoms with Crippen molar-refractivity contribution in [1.82, 2.24) is 9.88 Å². The first-order valence-electron chi connectivity index (χ1n) is 9.35. The van der Waals surface area contributed by atoms with Gasteiger partial charge in [0.1, 0.15) is 0 Å². The van der Waals surface area contributed by atoms with Gasteiger partial charge < -0.3 is 4.90 Å². The standard InChI is InChI=1S/C20H27N3S/c1-14-5-7-17(21-12-14)16-6-8-19-18(11-16)22-20(24-19)15(2)13-23-9-3-4-10-23/h6,8,11,14-15H,3-5,7,9-10,12-13H2,1-2H3. The summed E-state index contributed by atoms with van der Waals surface area (Å²) in [4.78, 5) is 12.3. The Balaban J connectivity index is 1.54. The van der Waals surface area contributed by atoms with Gasteiger partial charge in [0.2, 0.25) is 0 Å². The van der Waals surface area contributed by atoms with Gasteiger partial charge in [-0.1, -0.05) is 19.9 Å². The summed E-state index contributed by atoms with van der Waals surface area (Å²) in [5.74, 6) is 1.26. The lowest BCUT2D eigenvalue weighted by atomic mass is 9.96. The Hall–Kier alpha value is -1.26. The molecule has 2 aliphatic heterocycles. The number of thiazole rings is 1. The minimum atomic E-state index is 0.525. The van der Waals surface area contributed by atoms with Gasteiger partial charge in [-0.15, -0.1) is 11.3 Å². The molecule has 1 aromatic heterocycles. The molecule has 2 unspecified atom stereocenters. The Morgan fingerprint density at radius 1 is 1.29 bits per heavy atom. The van der Waals surface area contributed by atoms with E-state index in [1.165, 1.54) is 53.3 Å². The van der Waals surface area contributed by atoms with Crippen molar-refractivity contribution in [3.63, 3.8) is 0 Å². The number of aromatic nitrogens is 1. The van der Waals surface area contributed by atoms with Gasteiger partial charge in [-0.05, 0) is 62.4 Å². The molecule has 4 rings (SSSR count). The second-order valence-corrected chi connectivity index (χ2v) is 8.64. The first kappa shape index (κ1) is 16.2. The lowest BCUT2D eigenvalue weighted by Crippen LogP contribution is -2.24. The van der Waals surface area contributed by atoms with Gasteiger partial charge in [0.05, 0.1) is 15.2 Å². The maximum Gasteiger partial charge on any atom is 0.0979 e. The zero-order valence-corrected chi connectivity index (χ0v) is 15.6. The molecule has 1 saturated heterocycles. The van der Waals surface area contributed by atoms with Gasteiger partial charge in [-0.25, -0.2) is 4.98 Å². The third kappa shape index (κ3) is 3.40. The molecular formula is C20H27N3S. The molecule has 0 aliphatic carbocycles. The molecule has 2 aliphatic rings. The number of likely N-dealkylation sites (tertiary alicyclic amines) is 1. The summed E-state index contributed by atoms with van der Waals surface area (Å²) in [6.45, 7) is 9.26. The van der Waals surface area contributed by atoms with Crippen LogP contribution in [0.2, 0.25) is 0 Å². The van der Waals surface area contributed by atoms with Crippen molar-refractivity contribution in [1.29, 1.82) is 0 Å². The highest BCUT2D eigenvalue weighted by Gasteiger charge is 2.19. The highest BCUT2D eigenvalue weighted by molar-refractivity contribution is 7.18. The molecule has 1 fully saturated rings. The van der Waals surface area contributed by atoms with E-state index < -0.39 is 0 Å². The minimum Gasteiger partial charge on any atom is -0.303 e. The molecule has 2 aromatic rings. The maximum atomic E-state index is 4.96. The number of rotatable bonds is 4. The lowest BCUT2D eigenvalue weighted by molar-refractivity contribution is 0.320. The molecule has 1 aromatic carbocycles. The fourth-order valence-corrected chi connectivity index (χ4v) is 4.81. The molecular weight excluding hydrogens is 314 g/mol. The van der Waals surface area contributed by atoms with Crippen molar-refractivity contribution in [3.8, 4) is 0 Å². The van der Waals surface area contributed by atoms with Crippen LogP contribution in [0.15, 0.2) is 23.2 Å². The van der Waals surface area contributed by atoms with E-state index in [9.17, 15) is 0 Å². The van der Waals surface area contributed by atoms with E-state index in [1.54, 1.807) is 0 Å². The number of hydrogen-bond donors (Lipinski definition) is 0. The van der Waals surface area contributed by atoms with Crippen LogP contribution in [-0.2, 0) is 0 Å². The van der Waals surface area contributed by atoms with Crippen LogP contribution in [-0.4, -0.2) is 41.8 Å². The van der Waals surface area contributed by atoms with E-state index in [0.29, 0.717) is 5.92 Å². The van der Waals surface area contributed by atoms with Crippen LogP contribution < -0.4 is 0 Å². The van der Waals surface area contributed by atoms with Crippen LogP contribution in [0.1, 0.15) is 56.0 Å². The van der Waals surface area contributed by atoms with Crippen molar-refractivity contribution >= 4 is 27.3 Å². The zero-order chi connectivity index (χ0) is 16.5. The Bertz CT molecular complexity index is 742. The molecule has 3 heterocycles. The molecule has 0 radical (unpaired) electrons. The Labute approximate surface area is 148 Å². The van der Waals surface area contributed by atoms with Crippen LogP contribution in [0.3, 0.4) is 0 Å². The van der Waals surface area contributed by atoms with E-state index in [4.69, 9.17) is 9.98 Å². The van der Waals surface area contributed by atoms with Crippen LogP contribution in [0.5, 0.6) is 0 Å². The zero-order valence-electron chi connectivity index (χ0n) is 14.8. The van der Waals surface area contributed by atoms with E-state index in [-0.39, 0.29) is 0 Å². The molecule has 128 valence electrons. The molecule has 0 amide bonds. The molecule has 2 atom stereocenters. The summed E-state index contributed by atoms with van der Waals surface area (Å²) in [6, 6.07) is 6.74. The molecule has 0 bridgehead atoms. The first-order chi connectivity index (χ1) is 11.7. The molecule has 24 heavy (non-hydrogen) atoms. The van der Waals surface area contributed by atoms with Crippen molar-refractivity contribution in [2.45, 2.75) is 45.4 Å². The number of fused-ring (bicyclic) bond motifs is 1. The monoisotopic (exact) mass is 341 g/mol. The lowest BCUT2D eigenvalue weighted by Gasteiger charge is -2.18. The second kappa shape index (κ2) is 6.93.